The van der Waals surface area contributed by atoms with Gasteiger partial charge in [0, 0.05) is 23.2 Å². The summed E-state index contributed by atoms with van der Waals surface area (Å²) in [6.45, 7) is 3.15. The Hall–Kier alpha value is -2.33. The van der Waals surface area contributed by atoms with Gasteiger partial charge in [-0.25, -0.2) is 4.98 Å². The van der Waals surface area contributed by atoms with E-state index < -0.39 is 0 Å². The molecule has 21 heavy (non-hydrogen) atoms. The summed E-state index contributed by atoms with van der Waals surface area (Å²) in [4.78, 5) is 4.57. The number of hydrogen-bond donors (Lipinski definition) is 1. The molecule has 4 nitrogen and oxygen atoms in total. The molecule has 0 aliphatic heterocycles. The van der Waals surface area contributed by atoms with Crippen LogP contribution in [0.3, 0.4) is 0 Å². The van der Waals surface area contributed by atoms with Crippen molar-refractivity contribution in [2.45, 2.75) is 20.1 Å². The summed E-state index contributed by atoms with van der Waals surface area (Å²) in [6, 6.07) is 12.0. The Morgan fingerprint density at radius 3 is 2.95 bits per heavy atom. The van der Waals surface area contributed by atoms with Crippen molar-refractivity contribution >= 4 is 10.9 Å². The topological polar surface area (TPSA) is 47.3 Å². The summed E-state index contributed by atoms with van der Waals surface area (Å²) in [5.74, 6) is 1.62. The molecule has 0 saturated carbocycles. The first-order valence-electron chi connectivity index (χ1n) is 6.97. The fraction of sp³-hybridized carbons (Fsp3) is 0.235. The van der Waals surface area contributed by atoms with Crippen molar-refractivity contribution < 1.29 is 9.15 Å². The van der Waals surface area contributed by atoms with Crippen LogP contribution in [0, 0.1) is 6.92 Å². The monoisotopic (exact) mass is 282 g/mol. The van der Waals surface area contributed by atoms with E-state index in [1.165, 1.54) is 0 Å². The van der Waals surface area contributed by atoms with Crippen molar-refractivity contribution in [3.63, 3.8) is 0 Å². The van der Waals surface area contributed by atoms with E-state index in [0.29, 0.717) is 6.61 Å². The van der Waals surface area contributed by atoms with E-state index in [1.54, 1.807) is 6.26 Å². The van der Waals surface area contributed by atoms with Gasteiger partial charge in [0.25, 0.3) is 0 Å². The molecule has 1 aromatic carbocycles. The van der Waals surface area contributed by atoms with Crippen LogP contribution in [-0.4, -0.2) is 12.0 Å². The summed E-state index contributed by atoms with van der Waals surface area (Å²) in [7, 11) is 1.91. The second-order valence-corrected chi connectivity index (χ2v) is 4.97. The molecule has 0 radical (unpaired) electrons. The number of ether oxygens (including phenoxy) is 1. The van der Waals surface area contributed by atoms with Gasteiger partial charge in [0.2, 0.25) is 0 Å². The van der Waals surface area contributed by atoms with E-state index in [9.17, 15) is 0 Å². The third kappa shape index (κ3) is 2.90. The number of aryl methyl sites for hydroxylation is 1. The van der Waals surface area contributed by atoms with Gasteiger partial charge >= 0.3 is 0 Å². The number of pyridine rings is 1. The number of rotatable bonds is 5. The molecular weight excluding hydrogens is 264 g/mol. The highest BCUT2D eigenvalue weighted by Gasteiger charge is 2.09. The number of fused-ring (bicyclic) bond motifs is 1. The summed E-state index contributed by atoms with van der Waals surface area (Å²) in [6.07, 6.45) is 1.69. The first-order chi connectivity index (χ1) is 10.3. The molecule has 1 N–H and O–H groups in total. The van der Waals surface area contributed by atoms with E-state index in [4.69, 9.17) is 9.15 Å². The lowest BCUT2D eigenvalue weighted by molar-refractivity contribution is 0.270. The maximum absolute atomic E-state index is 5.92. The van der Waals surface area contributed by atoms with Crippen LogP contribution >= 0.6 is 0 Å². The Morgan fingerprint density at radius 1 is 1.19 bits per heavy atom. The average molecular weight is 282 g/mol. The molecule has 3 rings (SSSR count). The summed E-state index contributed by atoms with van der Waals surface area (Å²) in [5.41, 5.74) is 2.98. The molecule has 0 bridgehead atoms. The van der Waals surface area contributed by atoms with E-state index in [0.717, 1.165) is 40.2 Å². The minimum absolute atomic E-state index is 0.402. The van der Waals surface area contributed by atoms with Crippen LogP contribution in [0.25, 0.3) is 10.9 Å². The van der Waals surface area contributed by atoms with E-state index in [1.807, 2.05) is 44.3 Å². The second kappa shape index (κ2) is 5.97. The highest BCUT2D eigenvalue weighted by atomic mass is 16.5. The van der Waals surface area contributed by atoms with Crippen LogP contribution in [0.15, 0.2) is 47.1 Å². The fourth-order valence-electron chi connectivity index (χ4n) is 2.32. The number of aromatic nitrogens is 1. The van der Waals surface area contributed by atoms with Crippen molar-refractivity contribution in [3.05, 3.63) is 59.7 Å². The van der Waals surface area contributed by atoms with Crippen LogP contribution in [0.5, 0.6) is 5.75 Å². The zero-order valence-corrected chi connectivity index (χ0v) is 12.2. The number of para-hydroxylation sites is 1. The van der Waals surface area contributed by atoms with Crippen LogP contribution < -0.4 is 10.1 Å². The Balaban J connectivity index is 1.85. The van der Waals surface area contributed by atoms with E-state index in [-0.39, 0.29) is 0 Å². The molecule has 0 fully saturated rings. The minimum Gasteiger partial charge on any atom is -0.483 e. The van der Waals surface area contributed by atoms with Gasteiger partial charge in [-0.1, -0.05) is 18.2 Å². The van der Waals surface area contributed by atoms with Gasteiger partial charge in [0.15, 0.2) is 0 Å². The summed E-state index contributed by atoms with van der Waals surface area (Å²) < 4.78 is 11.4. The number of benzene rings is 1. The smallest absolute Gasteiger partial charge is 0.146 e. The van der Waals surface area contributed by atoms with Crippen molar-refractivity contribution in [3.8, 4) is 5.75 Å². The van der Waals surface area contributed by atoms with E-state index >= 15 is 0 Å². The molecule has 2 aromatic heterocycles. The molecular formula is C17H18N2O2. The third-order valence-electron chi connectivity index (χ3n) is 3.39. The molecule has 0 unspecified atom stereocenters. The predicted octanol–water partition coefficient (Wildman–Crippen LogP) is 3.43. The fourth-order valence-corrected chi connectivity index (χ4v) is 2.32. The van der Waals surface area contributed by atoms with Gasteiger partial charge < -0.3 is 14.5 Å². The molecule has 3 aromatic rings. The van der Waals surface area contributed by atoms with Crippen molar-refractivity contribution in [2.75, 3.05) is 7.05 Å². The Bertz CT molecular complexity index is 749. The number of nitrogens with one attached hydrogen (secondary N) is 1. The molecule has 0 amide bonds. The van der Waals surface area contributed by atoms with Crippen molar-refractivity contribution in [1.82, 2.24) is 10.3 Å². The Kier molecular flexibility index (Phi) is 3.88. The maximum Gasteiger partial charge on any atom is 0.146 e. The van der Waals surface area contributed by atoms with Gasteiger partial charge in [-0.05, 0) is 32.2 Å². The van der Waals surface area contributed by atoms with Gasteiger partial charge in [-0.3, -0.25) is 0 Å². The van der Waals surface area contributed by atoms with Crippen LogP contribution in [0.2, 0.25) is 0 Å². The SMILES string of the molecule is CNCc1ccoc1COc1cccc2ccc(C)nc12. The lowest BCUT2D eigenvalue weighted by atomic mass is 10.2. The van der Waals surface area contributed by atoms with E-state index in [2.05, 4.69) is 16.4 Å². The number of nitrogens with zero attached hydrogens (tertiary/aromatic N) is 1. The van der Waals surface area contributed by atoms with Crippen LogP contribution in [0.1, 0.15) is 17.0 Å². The van der Waals surface area contributed by atoms with Gasteiger partial charge in [0.05, 0.1) is 6.26 Å². The third-order valence-corrected chi connectivity index (χ3v) is 3.39. The predicted molar refractivity (Wildman–Crippen MR) is 82.3 cm³/mol. The quantitative estimate of drug-likeness (QED) is 0.778. The maximum atomic E-state index is 5.92. The van der Waals surface area contributed by atoms with Crippen LogP contribution in [0.4, 0.5) is 0 Å². The highest BCUT2D eigenvalue weighted by molar-refractivity contribution is 5.84. The van der Waals surface area contributed by atoms with Gasteiger partial charge in [-0.2, -0.15) is 0 Å². The molecule has 0 atom stereocenters. The van der Waals surface area contributed by atoms with Gasteiger partial charge in [0.1, 0.15) is 23.6 Å². The highest BCUT2D eigenvalue weighted by Crippen LogP contribution is 2.25. The zero-order chi connectivity index (χ0) is 14.7. The largest absolute Gasteiger partial charge is 0.483 e. The van der Waals surface area contributed by atoms with Crippen molar-refractivity contribution in [2.24, 2.45) is 0 Å². The summed E-state index contributed by atoms with van der Waals surface area (Å²) in [5, 5.41) is 4.19. The number of furan rings is 1. The second-order valence-electron chi connectivity index (χ2n) is 4.97. The molecule has 108 valence electrons. The molecule has 0 saturated heterocycles. The first kappa shape index (κ1) is 13.6. The normalized spacial score (nSPS) is 11.0. The lowest BCUT2D eigenvalue weighted by Gasteiger charge is -2.09. The summed E-state index contributed by atoms with van der Waals surface area (Å²) >= 11 is 0. The number of hydrogen-bond acceptors (Lipinski definition) is 4. The molecule has 4 heteroatoms. The van der Waals surface area contributed by atoms with Crippen LogP contribution in [-0.2, 0) is 13.2 Å². The minimum atomic E-state index is 0.402. The lowest BCUT2D eigenvalue weighted by Crippen LogP contribution is -2.07. The first-order valence-corrected chi connectivity index (χ1v) is 6.97. The van der Waals surface area contributed by atoms with Crippen molar-refractivity contribution in [1.29, 1.82) is 0 Å². The Labute approximate surface area is 123 Å². The van der Waals surface area contributed by atoms with Gasteiger partial charge in [-0.15, -0.1) is 0 Å². The zero-order valence-electron chi connectivity index (χ0n) is 12.2. The standard InChI is InChI=1S/C17H18N2O2/c1-12-6-7-13-4-3-5-15(17(13)19-12)21-11-16-14(10-18-2)8-9-20-16/h3-9,18H,10-11H2,1-2H3. The average Bonchev–Trinajstić information content (AvgIpc) is 2.93. The molecule has 0 aliphatic carbocycles. The molecule has 2 heterocycles. The molecule has 0 spiro atoms. The molecule has 0 aliphatic rings. The Morgan fingerprint density at radius 2 is 2.10 bits per heavy atom.